The fourth-order valence-electron chi connectivity index (χ4n) is 2.90. The normalized spacial score (nSPS) is 26.6. The van der Waals surface area contributed by atoms with Crippen LogP contribution >= 0.6 is 0 Å². The predicted octanol–water partition coefficient (Wildman–Crippen LogP) is 3.75. The Bertz CT molecular complexity index is 280. The summed E-state index contributed by atoms with van der Waals surface area (Å²) in [5.41, 5.74) is 0. The highest BCUT2D eigenvalue weighted by Crippen LogP contribution is 2.41. The molecule has 1 fully saturated rings. The van der Waals surface area contributed by atoms with E-state index in [4.69, 9.17) is 6.42 Å². The van der Waals surface area contributed by atoms with Crippen molar-refractivity contribution in [1.82, 2.24) is 5.32 Å². The molecule has 1 saturated carbocycles. The number of terminal acetylenes is 1. The van der Waals surface area contributed by atoms with Gasteiger partial charge in [-0.25, -0.2) is 0 Å². The van der Waals surface area contributed by atoms with Crippen molar-refractivity contribution in [2.24, 2.45) is 11.8 Å². The van der Waals surface area contributed by atoms with E-state index in [1.807, 2.05) is 6.92 Å². The molecule has 0 saturated heterocycles. The molecule has 0 amide bonds. The zero-order valence-corrected chi connectivity index (χ0v) is 10.9. The van der Waals surface area contributed by atoms with E-state index in [9.17, 15) is 13.2 Å². The second kappa shape index (κ2) is 7.04. The third-order valence-electron chi connectivity index (χ3n) is 3.81. The monoisotopic (exact) mass is 261 g/mol. The highest BCUT2D eigenvalue weighted by Gasteiger charge is 2.43. The molecule has 0 spiro atoms. The molecular formula is C14H22F3N. The third kappa shape index (κ3) is 4.53. The van der Waals surface area contributed by atoms with E-state index in [0.29, 0.717) is 12.8 Å². The van der Waals surface area contributed by atoms with Crippen LogP contribution in [0.15, 0.2) is 0 Å². The largest absolute Gasteiger partial charge is 0.391 e. The molecule has 0 radical (unpaired) electrons. The van der Waals surface area contributed by atoms with E-state index in [-0.39, 0.29) is 24.8 Å². The van der Waals surface area contributed by atoms with E-state index >= 15 is 0 Å². The molecule has 0 aromatic heterocycles. The highest BCUT2D eigenvalue weighted by molar-refractivity contribution is 4.90. The summed E-state index contributed by atoms with van der Waals surface area (Å²) in [6.45, 7) is 2.76. The standard InChI is InChI=1S/C14H22F3N/c1-3-5-9-13(18-4-2)11-7-6-8-12(10-11)14(15,16)17/h1,11-13,18H,4-10H2,2H3. The van der Waals surface area contributed by atoms with Crippen LogP contribution in [0.3, 0.4) is 0 Å². The summed E-state index contributed by atoms with van der Waals surface area (Å²) in [7, 11) is 0. The Morgan fingerprint density at radius 1 is 1.39 bits per heavy atom. The van der Waals surface area contributed by atoms with Crippen LogP contribution in [0.5, 0.6) is 0 Å². The smallest absolute Gasteiger partial charge is 0.314 e. The lowest BCUT2D eigenvalue weighted by molar-refractivity contribution is -0.186. The molecule has 1 N–H and O–H groups in total. The van der Waals surface area contributed by atoms with E-state index in [0.717, 1.165) is 19.4 Å². The fourth-order valence-corrected chi connectivity index (χ4v) is 2.90. The van der Waals surface area contributed by atoms with Gasteiger partial charge in [-0.3, -0.25) is 0 Å². The third-order valence-corrected chi connectivity index (χ3v) is 3.81. The molecular weight excluding hydrogens is 239 g/mol. The van der Waals surface area contributed by atoms with Crippen molar-refractivity contribution in [2.75, 3.05) is 6.54 Å². The molecule has 1 aliphatic carbocycles. The molecule has 3 unspecified atom stereocenters. The van der Waals surface area contributed by atoms with Crippen LogP contribution in [0.2, 0.25) is 0 Å². The molecule has 1 nitrogen and oxygen atoms in total. The second-order valence-electron chi connectivity index (χ2n) is 5.07. The van der Waals surface area contributed by atoms with Crippen molar-refractivity contribution in [3.63, 3.8) is 0 Å². The van der Waals surface area contributed by atoms with Gasteiger partial charge in [0.2, 0.25) is 0 Å². The molecule has 3 atom stereocenters. The Morgan fingerprint density at radius 3 is 2.67 bits per heavy atom. The van der Waals surface area contributed by atoms with Crippen molar-refractivity contribution in [3.05, 3.63) is 0 Å². The van der Waals surface area contributed by atoms with E-state index in [1.165, 1.54) is 0 Å². The first-order valence-corrected chi connectivity index (χ1v) is 6.72. The lowest BCUT2D eigenvalue weighted by atomic mass is 9.76. The number of hydrogen-bond acceptors (Lipinski definition) is 1. The van der Waals surface area contributed by atoms with Crippen molar-refractivity contribution in [2.45, 2.75) is 57.7 Å². The lowest BCUT2D eigenvalue weighted by Gasteiger charge is -2.35. The minimum Gasteiger partial charge on any atom is -0.314 e. The van der Waals surface area contributed by atoms with Crippen LogP contribution in [-0.4, -0.2) is 18.8 Å². The van der Waals surface area contributed by atoms with Gasteiger partial charge in [0.1, 0.15) is 0 Å². The van der Waals surface area contributed by atoms with Gasteiger partial charge in [0.25, 0.3) is 0 Å². The summed E-state index contributed by atoms with van der Waals surface area (Å²) in [6, 6.07) is 0.135. The molecule has 1 aliphatic rings. The highest BCUT2D eigenvalue weighted by atomic mass is 19.4. The van der Waals surface area contributed by atoms with Crippen LogP contribution in [0.1, 0.15) is 45.4 Å². The van der Waals surface area contributed by atoms with Crippen LogP contribution in [-0.2, 0) is 0 Å². The number of alkyl halides is 3. The summed E-state index contributed by atoms with van der Waals surface area (Å²) in [6.07, 6.45) is 4.71. The van der Waals surface area contributed by atoms with Gasteiger partial charge in [-0.2, -0.15) is 13.2 Å². The average molecular weight is 261 g/mol. The molecule has 0 heterocycles. The van der Waals surface area contributed by atoms with E-state index < -0.39 is 12.1 Å². The summed E-state index contributed by atoms with van der Waals surface area (Å²) >= 11 is 0. The first-order valence-electron chi connectivity index (χ1n) is 6.72. The Kier molecular flexibility index (Phi) is 6.01. The number of halogens is 3. The van der Waals surface area contributed by atoms with Gasteiger partial charge in [0, 0.05) is 12.5 Å². The first-order chi connectivity index (χ1) is 8.49. The predicted molar refractivity (Wildman–Crippen MR) is 67.0 cm³/mol. The zero-order valence-electron chi connectivity index (χ0n) is 10.9. The molecule has 18 heavy (non-hydrogen) atoms. The minimum atomic E-state index is -4.04. The van der Waals surface area contributed by atoms with Gasteiger partial charge in [0.05, 0.1) is 5.92 Å². The SMILES string of the molecule is C#CCCC(NCC)C1CCCC(C(F)(F)F)C1. The van der Waals surface area contributed by atoms with Gasteiger partial charge in [0.15, 0.2) is 0 Å². The van der Waals surface area contributed by atoms with Crippen molar-refractivity contribution in [1.29, 1.82) is 0 Å². The van der Waals surface area contributed by atoms with Gasteiger partial charge in [-0.1, -0.05) is 13.3 Å². The molecule has 0 aliphatic heterocycles. The van der Waals surface area contributed by atoms with Crippen LogP contribution < -0.4 is 5.32 Å². The summed E-state index contributed by atoms with van der Waals surface area (Å²) in [5, 5.41) is 3.30. The van der Waals surface area contributed by atoms with E-state index in [2.05, 4.69) is 11.2 Å². The lowest BCUT2D eigenvalue weighted by Crippen LogP contribution is -2.40. The maximum atomic E-state index is 12.8. The van der Waals surface area contributed by atoms with Crippen molar-refractivity contribution < 1.29 is 13.2 Å². The fraction of sp³-hybridized carbons (Fsp3) is 0.857. The quantitative estimate of drug-likeness (QED) is 0.743. The van der Waals surface area contributed by atoms with Crippen molar-refractivity contribution >= 4 is 0 Å². The molecule has 104 valence electrons. The number of rotatable bonds is 5. The Morgan fingerprint density at radius 2 is 2.11 bits per heavy atom. The molecule has 4 heteroatoms. The second-order valence-corrected chi connectivity index (χ2v) is 5.07. The van der Waals surface area contributed by atoms with Gasteiger partial charge in [-0.05, 0) is 38.1 Å². The average Bonchev–Trinajstić information content (AvgIpc) is 2.33. The number of hydrogen-bond donors (Lipinski definition) is 1. The minimum absolute atomic E-state index is 0.110. The van der Waals surface area contributed by atoms with Crippen molar-refractivity contribution in [3.8, 4) is 12.3 Å². The van der Waals surface area contributed by atoms with Gasteiger partial charge < -0.3 is 5.32 Å². The Hall–Kier alpha value is -0.690. The van der Waals surface area contributed by atoms with Crippen LogP contribution in [0.25, 0.3) is 0 Å². The maximum absolute atomic E-state index is 12.8. The summed E-state index contributed by atoms with van der Waals surface area (Å²) in [5.74, 6) is 1.56. The molecule has 0 bridgehead atoms. The van der Waals surface area contributed by atoms with E-state index in [1.54, 1.807) is 0 Å². The van der Waals surface area contributed by atoms with Crippen LogP contribution in [0.4, 0.5) is 13.2 Å². The van der Waals surface area contributed by atoms with Gasteiger partial charge in [-0.15, -0.1) is 12.3 Å². The molecule has 0 aromatic rings. The Labute approximate surface area is 108 Å². The number of nitrogens with one attached hydrogen (secondary N) is 1. The summed E-state index contributed by atoms with van der Waals surface area (Å²) in [4.78, 5) is 0. The molecule has 1 rings (SSSR count). The first kappa shape index (κ1) is 15.4. The maximum Gasteiger partial charge on any atom is 0.391 e. The topological polar surface area (TPSA) is 12.0 Å². The summed E-state index contributed by atoms with van der Waals surface area (Å²) < 4.78 is 38.3. The van der Waals surface area contributed by atoms with Crippen LogP contribution in [0, 0.1) is 24.2 Å². The molecule has 0 aromatic carbocycles. The zero-order chi connectivity index (χ0) is 13.6. The van der Waals surface area contributed by atoms with Gasteiger partial charge >= 0.3 is 6.18 Å². The Balaban J connectivity index is 2.59.